The van der Waals surface area contributed by atoms with Gasteiger partial charge < -0.3 is 14.5 Å². The van der Waals surface area contributed by atoms with Gasteiger partial charge in [0, 0.05) is 5.92 Å². The molecule has 16 heavy (non-hydrogen) atoms. The van der Waals surface area contributed by atoms with E-state index in [1.54, 1.807) is 0 Å². The van der Waals surface area contributed by atoms with Crippen molar-refractivity contribution in [2.45, 2.75) is 25.2 Å². The van der Waals surface area contributed by atoms with Crippen LogP contribution in [0, 0.1) is 0 Å². The van der Waals surface area contributed by atoms with E-state index >= 15 is 0 Å². The Balaban J connectivity index is 1.99. The molecule has 0 amide bonds. The molecule has 0 radical (unpaired) electrons. The van der Waals surface area contributed by atoms with Crippen LogP contribution in [0.1, 0.15) is 30.5 Å². The van der Waals surface area contributed by atoms with Crippen LogP contribution in [0.2, 0.25) is 0 Å². The molecule has 0 spiro atoms. The summed E-state index contributed by atoms with van der Waals surface area (Å²) in [6, 6.07) is 0. The van der Waals surface area contributed by atoms with Crippen molar-refractivity contribution < 1.29 is 14.4 Å². The molecule has 1 fully saturated rings. The topological polar surface area (TPSA) is 79.5 Å². The molecule has 0 atom stereocenters. The zero-order valence-corrected chi connectivity index (χ0v) is 9.22. The Hall–Kier alpha value is -1.43. The lowest BCUT2D eigenvalue weighted by Gasteiger charge is -2.26. The minimum absolute atomic E-state index is 0.195. The van der Waals surface area contributed by atoms with Crippen molar-refractivity contribution in [3.8, 4) is 0 Å². The number of carboxylic acid groups (broad SMARTS) is 1. The van der Waals surface area contributed by atoms with Crippen LogP contribution in [0.5, 0.6) is 0 Å². The van der Waals surface area contributed by atoms with Crippen LogP contribution in [0.25, 0.3) is 0 Å². The first-order chi connectivity index (χ1) is 7.65. The van der Waals surface area contributed by atoms with Crippen LogP contribution in [0.4, 0.5) is 0 Å². The number of carbonyl (C=O) groups is 1. The third-order valence-electron chi connectivity index (χ3n) is 2.87. The summed E-state index contributed by atoms with van der Waals surface area (Å²) in [5.41, 5.74) is 0. The van der Waals surface area contributed by atoms with Crippen LogP contribution >= 0.6 is 0 Å². The fourth-order valence-corrected chi connectivity index (χ4v) is 1.90. The second-order valence-electron chi connectivity index (χ2n) is 4.19. The molecule has 1 N–H and O–H groups in total. The lowest BCUT2D eigenvalue weighted by molar-refractivity contribution is -0.136. The largest absolute Gasteiger partial charge is 0.481 e. The Bertz CT molecular complexity index is 369. The number of carboxylic acids is 1. The van der Waals surface area contributed by atoms with Crippen molar-refractivity contribution in [1.82, 2.24) is 15.0 Å². The summed E-state index contributed by atoms with van der Waals surface area (Å²) in [7, 11) is 2.09. The van der Waals surface area contributed by atoms with Crippen molar-refractivity contribution in [2.24, 2.45) is 0 Å². The van der Waals surface area contributed by atoms with Crippen molar-refractivity contribution in [1.29, 1.82) is 0 Å². The van der Waals surface area contributed by atoms with Gasteiger partial charge in [-0.3, -0.25) is 4.79 Å². The van der Waals surface area contributed by atoms with Crippen LogP contribution in [-0.4, -0.2) is 46.3 Å². The van der Waals surface area contributed by atoms with Crippen LogP contribution in [-0.2, 0) is 11.2 Å². The molecule has 1 aliphatic rings. The molecule has 0 aliphatic carbocycles. The molecule has 2 rings (SSSR count). The zero-order valence-electron chi connectivity index (χ0n) is 9.22. The van der Waals surface area contributed by atoms with Crippen molar-refractivity contribution >= 4 is 5.97 Å². The maximum Gasteiger partial charge on any atom is 0.312 e. The van der Waals surface area contributed by atoms with Gasteiger partial charge in [0.1, 0.15) is 6.42 Å². The van der Waals surface area contributed by atoms with E-state index in [1.807, 2.05) is 0 Å². The quantitative estimate of drug-likeness (QED) is 0.807. The van der Waals surface area contributed by atoms with E-state index in [0.29, 0.717) is 11.7 Å². The van der Waals surface area contributed by atoms with Gasteiger partial charge in [0.2, 0.25) is 5.89 Å². The van der Waals surface area contributed by atoms with Gasteiger partial charge in [-0.15, -0.1) is 0 Å². The zero-order chi connectivity index (χ0) is 11.5. The fraction of sp³-hybridized carbons (Fsp3) is 0.700. The molecular weight excluding hydrogens is 210 g/mol. The summed E-state index contributed by atoms with van der Waals surface area (Å²) in [6.45, 7) is 2.04. The van der Waals surface area contributed by atoms with E-state index in [0.717, 1.165) is 25.9 Å². The monoisotopic (exact) mass is 225 g/mol. The number of piperidine rings is 1. The van der Waals surface area contributed by atoms with Gasteiger partial charge in [-0.2, -0.15) is 4.98 Å². The molecule has 6 heteroatoms. The van der Waals surface area contributed by atoms with Crippen LogP contribution < -0.4 is 0 Å². The Morgan fingerprint density at radius 3 is 2.88 bits per heavy atom. The summed E-state index contributed by atoms with van der Waals surface area (Å²) in [4.78, 5) is 16.8. The van der Waals surface area contributed by atoms with E-state index in [4.69, 9.17) is 9.63 Å². The first-order valence-corrected chi connectivity index (χ1v) is 5.38. The number of rotatable bonds is 3. The number of likely N-dealkylation sites (tertiary alicyclic amines) is 1. The van der Waals surface area contributed by atoms with E-state index in [-0.39, 0.29) is 12.3 Å². The standard InChI is InChI=1S/C10H15N3O3/c1-13-4-2-7(3-5-13)10-11-8(16-12-10)6-9(14)15/h7H,2-6H2,1H3,(H,14,15). The van der Waals surface area contributed by atoms with Crippen molar-refractivity contribution in [3.05, 3.63) is 11.7 Å². The highest BCUT2D eigenvalue weighted by Gasteiger charge is 2.23. The lowest BCUT2D eigenvalue weighted by atomic mass is 9.97. The molecule has 0 unspecified atom stereocenters. The SMILES string of the molecule is CN1CCC(c2noc(CC(=O)O)n2)CC1. The number of aromatic nitrogens is 2. The van der Waals surface area contributed by atoms with Gasteiger partial charge >= 0.3 is 5.97 Å². The summed E-state index contributed by atoms with van der Waals surface area (Å²) in [5, 5.41) is 12.4. The molecule has 6 nitrogen and oxygen atoms in total. The van der Waals surface area contributed by atoms with E-state index < -0.39 is 5.97 Å². The van der Waals surface area contributed by atoms with E-state index in [2.05, 4.69) is 22.1 Å². The van der Waals surface area contributed by atoms with E-state index in [1.165, 1.54) is 0 Å². The maximum absolute atomic E-state index is 10.5. The Morgan fingerprint density at radius 1 is 1.56 bits per heavy atom. The fourth-order valence-electron chi connectivity index (χ4n) is 1.90. The number of aliphatic carboxylic acids is 1. The second kappa shape index (κ2) is 4.61. The molecule has 0 saturated carbocycles. The van der Waals surface area contributed by atoms with Crippen LogP contribution in [0.3, 0.4) is 0 Å². The summed E-state index contributed by atoms with van der Waals surface area (Å²) in [6.07, 6.45) is 1.81. The highest BCUT2D eigenvalue weighted by atomic mass is 16.5. The normalized spacial score (nSPS) is 18.8. The third kappa shape index (κ3) is 2.57. The Morgan fingerprint density at radius 2 is 2.25 bits per heavy atom. The molecule has 2 heterocycles. The molecule has 0 aromatic carbocycles. The van der Waals surface area contributed by atoms with Gasteiger partial charge in [-0.25, -0.2) is 0 Å². The number of hydrogen-bond donors (Lipinski definition) is 1. The summed E-state index contributed by atoms with van der Waals surface area (Å²) < 4.78 is 4.90. The number of hydrogen-bond acceptors (Lipinski definition) is 5. The molecule has 1 saturated heterocycles. The molecule has 1 aromatic rings. The average Bonchev–Trinajstić information content (AvgIpc) is 2.66. The minimum atomic E-state index is -0.946. The first-order valence-electron chi connectivity index (χ1n) is 5.38. The number of nitrogens with zero attached hydrogens (tertiary/aromatic N) is 3. The molecule has 1 aromatic heterocycles. The first kappa shape index (κ1) is 11.1. The van der Waals surface area contributed by atoms with Gasteiger partial charge in [0.25, 0.3) is 0 Å². The molecule has 88 valence electrons. The van der Waals surface area contributed by atoms with Gasteiger partial charge in [0.15, 0.2) is 5.82 Å². The Kier molecular flexibility index (Phi) is 3.19. The molecular formula is C10H15N3O3. The van der Waals surface area contributed by atoms with Gasteiger partial charge in [0.05, 0.1) is 0 Å². The maximum atomic E-state index is 10.5. The predicted molar refractivity (Wildman–Crippen MR) is 55.1 cm³/mol. The second-order valence-corrected chi connectivity index (χ2v) is 4.19. The van der Waals surface area contributed by atoms with Crippen molar-refractivity contribution in [2.75, 3.05) is 20.1 Å². The highest BCUT2D eigenvalue weighted by Crippen LogP contribution is 2.25. The van der Waals surface area contributed by atoms with Crippen LogP contribution in [0.15, 0.2) is 4.52 Å². The molecule has 1 aliphatic heterocycles. The average molecular weight is 225 g/mol. The predicted octanol–water partition coefficient (Wildman–Crippen LogP) is 0.506. The third-order valence-corrected chi connectivity index (χ3v) is 2.87. The van der Waals surface area contributed by atoms with Gasteiger partial charge in [-0.1, -0.05) is 5.16 Å². The minimum Gasteiger partial charge on any atom is -0.481 e. The smallest absolute Gasteiger partial charge is 0.312 e. The highest BCUT2D eigenvalue weighted by molar-refractivity contribution is 5.68. The summed E-state index contributed by atoms with van der Waals surface area (Å²) in [5.74, 6) is 0.215. The van der Waals surface area contributed by atoms with Crippen molar-refractivity contribution in [3.63, 3.8) is 0 Å². The summed E-state index contributed by atoms with van der Waals surface area (Å²) >= 11 is 0. The van der Waals surface area contributed by atoms with E-state index in [9.17, 15) is 4.79 Å². The van der Waals surface area contributed by atoms with Gasteiger partial charge in [-0.05, 0) is 33.0 Å². The Labute approximate surface area is 93.2 Å². The lowest BCUT2D eigenvalue weighted by Crippen LogP contribution is -2.29. The molecule has 0 bridgehead atoms.